The Labute approximate surface area is 179 Å². The van der Waals surface area contributed by atoms with Crippen molar-refractivity contribution < 1.29 is 14.3 Å². The van der Waals surface area contributed by atoms with Crippen molar-refractivity contribution in [1.82, 2.24) is 9.78 Å². The summed E-state index contributed by atoms with van der Waals surface area (Å²) >= 11 is 5.93. The summed E-state index contributed by atoms with van der Waals surface area (Å²) in [5, 5.41) is 7.84. The van der Waals surface area contributed by atoms with Gasteiger partial charge >= 0.3 is 5.97 Å². The molecular weight excluding hydrogens is 402 g/mol. The lowest BCUT2D eigenvalue weighted by Crippen LogP contribution is -2.28. The summed E-state index contributed by atoms with van der Waals surface area (Å²) < 4.78 is 7.00. The number of hydrogen-bond donors (Lipinski definition) is 1. The van der Waals surface area contributed by atoms with Gasteiger partial charge in [0, 0.05) is 11.1 Å². The van der Waals surface area contributed by atoms with E-state index in [1.807, 2.05) is 50.2 Å². The molecule has 7 heteroatoms. The first-order valence-electron chi connectivity index (χ1n) is 9.74. The van der Waals surface area contributed by atoms with E-state index >= 15 is 0 Å². The number of nitrogens with zero attached hydrogens (tertiary/aromatic N) is 2. The van der Waals surface area contributed by atoms with Gasteiger partial charge in [-0.15, -0.1) is 0 Å². The van der Waals surface area contributed by atoms with E-state index in [2.05, 4.69) is 10.4 Å². The van der Waals surface area contributed by atoms with E-state index in [9.17, 15) is 9.59 Å². The molecule has 0 spiro atoms. The first-order chi connectivity index (χ1) is 14.4. The number of esters is 1. The van der Waals surface area contributed by atoms with Crippen LogP contribution in [-0.2, 0) is 19.7 Å². The van der Waals surface area contributed by atoms with Crippen molar-refractivity contribution in [2.45, 2.75) is 32.1 Å². The minimum atomic E-state index is -0.662. The van der Waals surface area contributed by atoms with Crippen LogP contribution in [0.5, 0.6) is 0 Å². The smallest absolute Gasteiger partial charge is 0.317 e. The molecule has 2 aromatic carbocycles. The molecule has 1 saturated carbocycles. The van der Waals surface area contributed by atoms with Crippen LogP contribution in [-0.4, -0.2) is 28.3 Å². The van der Waals surface area contributed by atoms with E-state index in [4.69, 9.17) is 16.3 Å². The fraction of sp³-hybridized carbons (Fsp3) is 0.261. The van der Waals surface area contributed by atoms with Crippen LogP contribution in [0.2, 0.25) is 5.02 Å². The van der Waals surface area contributed by atoms with Crippen molar-refractivity contribution in [2.24, 2.45) is 0 Å². The number of anilines is 1. The largest absolute Gasteiger partial charge is 0.455 e. The third-order valence-electron chi connectivity index (χ3n) is 5.25. The monoisotopic (exact) mass is 423 g/mol. The summed E-state index contributed by atoms with van der Waals surface area (Å²) in [5.74, 6) is -0.275. The summed E-state index contributed by atoms with van der Waals surface area (Å²) in [7, 11) is 0. The highest BCUT2D eigenvalue weighted by molar-refractivity contribution is 6.30. The Hall–Kier alpha value is -3.12. The van der Waals surface area contributed by atoms with E-state index < -0.39 is 11.3 Å². The zero-order valence-electron chi connectivity index (χ0n) is 16.8. The average Bonchev–Trinajstić information content (AvgIpc) is 3.46. The van der Waals surface area contributed by atoms with Crippen molar-refractivity contribution in [3.63, 3.8) is 0 Å². The number of carbonyl (C=O) groups is 2. The maximum atomic E-state index is 12.6. The summed E-state index contributed by atoms with van der Waals surface area (Å²) in [6.45, 7) is 3.50. The van der Waals surface area contributed by atoms with Gasteiger partial charge in [0.2, 0.25) is 0 Å². The van der Waals surface area contributed by atoms with Gasteiger partial charge in [0.15, 0.2) is 6.61 Å². The highest BCUT2D eigenvalue weighted by Crippen LogP contribution is 2.49. The number of hydrogen-bond acceptors (Lipinski definition) is 4. The van der Waals surface area contributed by atoms with E-state index in [1.54, 1.807) is 22.9 Å². The number of ether oxygens (including phenoxy) is 1. The standard InChI is InChI=1S/C23H22ClN3O3/c1-15-3-9-19(10-4-15)27-20(13-16(2)26-27)25-21(28)14-30-22(29)23(11-12-23)17-5-7-18(24)8-6-17/h3-10,13H,11-12,14H2,1-2H3,(H,25,28). The number of amides is 1. The molecule has 0 bridgehead atoms. The third kappa shape index (κ3) is 4.09. The van der Waals surface area contributed by atoms with E-state index in [0.29, 0.717) is 23.7 Å². The Morgan fingerprint density at radius 2 is 1.77 bits per heavy atom. The van der Waals surface area contributed by atoms with Crippen molar-refractivity contribution in [3.8, 4) is 5.69 Å². The Balaban J connectivity index is 1.40. The number of halogens is 1. The number of rotatable bonds is 6. The second kappa shape index (κ2) is 7.95. The fourth-order valence-corrected chi connectivity index (χ4v) is 3.55. The Morgan fingerprint density at radius 3 is 2.40 bits per heavy atom. The first kappa shape index (κ1) is 20.2. The zero-order valence-corrected chi connectivity index (χ0v) is 17.6. The number of benzene rings is 2. The lowest BCUT2D eigenvalue weighted by atomic mass is 9.96. The van der Waals surface area contributed by atoms with E-state index in [0.717, 1.165) is 22.5 Å². The first-order valence-corrected chi connectivity index (χ1v) is 10.1. The Kier molecular flexibility index (Phi) is 5.35. The van der Waals surface area contributed by atoms with Crippen molar-refractivity contribution >= 4 is 29.3 Å². The van der Waals surface area contributed by atoms with Crippen LogP contribution in [0.25, 0.3) is 5.69 Å². The van der Waals surface area contributed by atoms with Crippen LogP contribution in [0.3, 0.4) is 0 Å². The molecule has 1 aliphatic carbocycles. The molecule has 154 valence electrons. The van der Waals surface area contributed by atoms with Crippen LogP contribution in [0.4, 0.5) is 5.82 Å². The van der Waals surface area contributed by atoms with E-state index in [1.165, 1.54) is 0 Å². The molecule has 1 aliphatic rings. The molecule has 0 unspecified atom stereocenters. The predicted molar refractivity (Wildman–Crippen MR) is 115 cm³/mol. The number of aryl methyl sites for hydroxylation is 2. The highest BCUT2D eigenvalue weighted by atomic mass is 35.5. The quantitative estimate of drug-likeness (QED) is 0.598. The predicted octanol–water partition coefficient (Wildman–Crippen LogP) is 4.36. The maximum Gasteiger partial charge on any atom is 0.317 e. The van der Waals surface area contributed by atoms with Gasteiger partial charge in [0.1, 0.15) is 5.82 Å². The molecule has 0 saturated heterocycles. The molecule has 1 N–H and O–H groups in total. The average molecular weight is 424 g/mol. The SMILES string of the molecule is Cc1ccc(-n2nc(C)cc2NC(=O)COC(=O)C2(c3ccc(Cl)cc3)CC2)cc1. The zero-order chi connectivity index (χ0) is 21.3. The molecule has 0 atom stereocenters. The molecule has 1 heterocycles. The highest BCUT2D eigenvalue weighted by Gasteiger charge is 2.52. The molecule has 6 nitrogen and oxygen atoms in total. The van der Waals surface area contributed by atoms with Crippen LogP contribution in [0.1, 0.15) is 29.7 Å². The molecule has 4 rings (SSSR count). The van der Waals surface area contributed by atoms with Gasteiger partial charge in [-0.1, -0.05) is 41.4 Å². The van der Waals surface area contributed by atoms with Crippen molar-refractivity contribution in [2.75, 3.05) is 11.9 Å². The van der Waals surface area contributed by atoms with Crippen LogP contribution in [0, 0.1) is 13.8 Å². The van der Waals surface area contributed by atoms with E-state index in [-0.39, 0.29) is 12.6 Å². The normalized spacial score (nSPS) is 14.2. The summed E-state index contributed by atoms with van der Waals surface area (Å²) in [6, 6.07) is 16.8. The summed E-state index contributed by atoms with van der Waals surface area (Å²) in [4.78, 5) is 25.1. The van der Waals surface area contributed by atoms with Crippen LogP contribution < -0.4 is 5.32 Å². The molecule has 0 radical (unpaired) electrons. The minimum absolute atomic E-state index is 0.355. The van der Waals surface area contributed by atoms with Crippen molar-refractivity contribution in [3.05, 3.63) is 76.4 Å². The van der Waals surface area contributed by atoms with Crippen LogP contribution in [0.15, 0.2) is 54.6 Å². The third-order valence-corrected chi connectivity index (χ3v) is 5.50. The molecule has 0 aliphatic heterocycles. The fourth-order valence-electron chi connectivity index (χ4n) is 3.42. The van der Waals surface area contributed by atoms with Gasteiger partial charge in [-0.2, -0.15) is 5.10 Å². The Bertz CT molecular complexity index is 1080. The number of nitrogens with one attached hydrogen (secondary N) is 1. The summed E-state index contributed by atoms with van der Waals surface area (Å²) in [6.07, 6.45) is 1.41. The molecule has 1 fully saturated rings. The van der Waals surface area contributed by atoms with Gasteiger partial charge in [-0.3, -0.25) is 9.59 Å². The van der Waals surface area contributed by atoms with Gasteiger partial charge in [-0.05, 0) is 56.5 Å². The molecule has 1 amide bonds. The topological polar surface area (TPSA) is 73.2 Å². The minimum Gasteiger partial charge on any atom is -0.455 e. The molecule has 1 aromatic heterocycles. The van der Waals surface area contributed by atoms with Crippen molar-refractivity contribution in [1.29, 1.82) is 0 Å². The summed E-state index contributed by atoms with van der Waals surface area (Å²) in [5.41, 5.74) is 2.94. The molecular formula is C23H22ClN3O3. The van der Waals surface area contributed by atoms with Gasteiger partial charge in [0.25, 0.3) is 5.91 Å². The van der Waals surface area contributed by atoms with Crippen LogP contribution >= 0.6 is 11.6 Å². The second-order valence-electron chi connectivity index (χ2n) is 7.63. The number of carbonyl (C=O) groups excluding carboxylic acids is 2. The lowest BCUT2D eigenvalue weighted by molar-refractivity contribution is -0.150. The van der Waals surface area contributed by atoms with Gasteiger partial charge in [0.05, 0.1) is 16.8 Å². The lowest BCUT2D eigenvalue weighted by Gasteiger charge is -2.15. The van der Waals surface area contributed by atoms with Gasteiger partial charge < -0.3 is 10.1 Å². The Morgan fingerprint density at radius 1 is 1.10 bits per heavy atom. The molecule has 30 heavy (non-hydrogen) atoms. The molecule has 3 aromatic rings. The second-order valence-corrected chi connectivity index (χ2v) is 8.07. The van der Waals surface area contributed by atoms with Gasteiger partial charge in [-0.25, -0.2) is 4.68 Å². The maximum absolute atomic E-state index is 12.6. The number of aromatic nitrogens is 2.